The molecule has 0 unspecified atom stereocenters. The number of aromatic amines is 1. The molecule has 0 aliphatic carbocycles. The molecule has 42 heavy (non-hydrogen) atoms. The Balaban J connectivity index is 0.000000782. The summed E-state index contributed by atoms with van der Waals surface area (Å²) in [6.07, 6.45) is -0.956. The minimum absolute atomic E-state index is 0.243. The number of rotatable bonds is 13. The van der Waals surface area contributed by atoms with Crippen molar-refractivity contribution in [3.8, 4) is 0 Å². The van der Waals surface area contributed by atoms with E-state index in [4.69, 9.17) is 27.1 Å². The summed E-state index contributed by atoms with van der Waals surface area (Å²) in [5.41, 5.74) is 20.0. The van der Waals surface area contributed by atoms with Crippen LogP contribution < -0.4 is 27.8 Å². The van der Waals surface area contributed by atoms with Crippen molar-refractivity contribution in [2.24, 2.45) is 17.2 Å². The van der Waals surface area contributed by atoms with Gasteiger partial charge in [-0.15, -0.1) is 0 Å². The number of nitrogens with one attached hydrogen (secondary N) is 3. The summed E-state index contributed by atoms with van der Waals surface area (Å²) in [7, 11) is 0. The molecule has 3 atom stereocenters. The molecule has 228 valence electrons. The SMILES string of the molecule is NCCCC[C@H](NC(=O)[C@@H](Cc1ccccc1)NC(=O)[C@@H](N)Cc1c[nH]c2ccccc12)C(N)=O.O=C(O)C(F)(F)F. The van der Waals surface area contributed by atoms with Crippen molar-refractivity contribution in [3.63, 3.8) is 0 Å². The van der Waals surface area contributed by atoms with Gasteiger partial charge in [0, 0.05) is 23.5 Å². The quantitative estimate of drug-likeness (QED) is 0.145. The van der Waals surface area contributed by atoms with Crippen LogP contribution in [-0.4, -0.2) is 64.6 Å². The first-order valence-electron chi connectivity index (χ1n) is 13.1. The van der Waals surface area contributed by atoms with Gasteiger partial charge in [-0.2, -0.15) is 13.2 Å². The fourth-order valence-electron chi connectivity index (χ4n) is 4.02. The van der Waals surface area contributed by atoms with Crippen molar-refractivity contribution in [1.29, 1.82) is 0 Å². The Bertz CT molecular complexity index is 1330. The van der Waals surface area contributed by atoms with Crippen LogP contribution in [0.2, 0.25) is 0 Å². The second-order valence-corrected chi connectivity index (χ2v) is 9.47. The lowest BCUT2D eigenvalue weighted by atomic mass is 10.0. The van der Waals surface area contributed by atoms with E-state index < -0.39 is 48.0 Å². The molecule has 2 aromatic carbocycles. The predicted octanol–water partition coefficient (Wildman–Crippen LogP) is 1.50. The molecule has 10 N–H and O–H groups in total. The van der Waals surface area contributed by atoms with Crippen LogP contribution in [0.5, 0.6) is 0 Å². The molecule has 0 spiro atoms. The van der Waals surface area contributed by atoms with E-state index in [1.807, 2.05) is 60.8 Å². The number of unbranched alkanes of at least 4 members (excludes halogenated alkanes) is 1. The van der Waals surface area contributed by atoms with Crippen molar-refractivity contribution in [2.75, 3.05) is 6.54 Å². The van der Waals surface area contributed by atoms with Crippen LogP contribution in [-0.2, 0) is 32.0 Å². The summed E-state index contributed by atoms with van der Waals surface area (Å²) >= 11 is 0. The highest BCUT2D eigenvalue weighted by molar-refractivity contribution is 5.93. The lowest BCUT2D eigenvalue weighted by Crippen LogP contribution is -2.56. The molecule has 0 aliphatic rings. The Morgan fingerprint density at radius 3 is 2.07 bits per heavy atom. The number of fused-ring (bicyclic) bond motifs is 1. The number of aliphatic carboxylic acids is 1. The number of hydrogen-bond donors (Lipinski definition) is 7. The van der Waals surface area contributed by atoms with E-state index in [0.29, 0.717) is 32.2 Å². The van der Waals surface area contributed by atoms with Crippen LogP contribution in [0.3, 0.4) is 0 Å². The first-order valence-corrected chi connectivity index (χ1v) is 13.1. The third-order valence-electron chi connectivity index (χ3n) is 6.22. The molecule has 0 saturated heterocycles. The number of halogens is 3. The molecule has 0 saturated carbocycles. The van der Waals surface area contributed by atoms with Gasteiger partial charge < -0.3 is 37.9 Å². The van der Waals surface area contributed by atoms with Crippen LogP contribution in [0.4, 0.5) is 13.2 Å². The molecule has 3 aromatic rings. The number of nitrogens with two attached hydrogens (primary N) is 3. The number of aromatic nitrogens is 1. The van der Waals surface area contributed by atoms with Gasteiger partial charge in [-0.1, -0.05) is 48.5 Å². The Kier molecular flexibility index (Phi) is 13.0. The number of carbonyl (C=O) groups is 4. The van der Waals surface area contributed by atoms with Gasteiger partial charge in [0.2, 0.25) is 17.7 Å². The van der Waals surface area contributed by atoms with Crippen LogP contribution in [0.1, 0.15) is 30.4 Å². The zero-order chi connectivity index (χ0) is 31.3. The second-order valence-electron chi connectivity index (χ2n) is 9.47. The summed E-state index contributed by atoms with van der Waals surface area (Å²) in [5.74, 6) is -4.33. The van der Waals surface area contributed by atoms with Crippen molar-refractivity contribution < 1.29 is 37.5 Å². The molecule has 1 heterocycles. The lowest BCUT2D eigenvalue weighted by molar-refractivity contribution is -0.192. The van der Waals surface area contributed by atoms with Crippen molar-refractivity contribution in [3.05, 3.63) is 71.9 Å². The van der Waals surface area contributed by atoms with E-state index in [0.717, 1.165) is 22.0 Å². The average molecular weight is 593 g/mol. The van der Waals surface area contributed by atoms with Crippen LogP contribution in [0.25, 0.3) is 10.9 Å². The number of para-hydroxylation sites is 1. The summed E-state index contributed by atoms with van der Waals surface area (Å²) < 4.78 is 31.7. The van der Waals surface area contributed by atoms with Crippen LogP contribution in [0, 0.1) is 0 Å². The lowest BCUT2D eigenvalue weighted by Gasteiger charge is -2.23. The Morgan fingerprint density at radius 2 is 1.48 bits per heavy atom. The molecule has 14 heteroatoms. The van der Waals surface area contributed by atoms with E-state index in [-0.39, 0.29) is 6.42 Å². The summed E-state index contributed by atoms with van der Waals surface area (Å²) in [4.78, 5) is 50.1. The molecule has 3 amide bonds. The monoisotopic (exact) mass is 592 g/mol. The molecular formula is C28H35F3N6O5. The summed E-state index contributed by atoms with van der Waals surface area (Å²) in [5, 5.41) is 13.6. The molecule has 1 aromatic heterocycles. The maximum absolute atomic E-state index is 13.1. The molecular weight excluding hydrogens is 557 g/mol. The van der Waals surface area contributed by atoms with Gasteiger partial charge in [0.25, 0.3) is 0 Å². The maximum Gasteiger partial charge on any atom is 0.490 e. The molecule has 0 fully saturated rings. The number of primary amides is 1. The van der Waals surface area contributed by atoms with Crippen molar-refractivity contribution in [1.82, 2.24) is 15.6 Å². The van der Waals surface area contributed by atoms with Gasteiger partial charge >= 0.3 is 12.1 Å². The summed E-state index contributed by atoms with van der Waals surface area (Å²) in [6.45, 7) is 0.487. The van der Waals surface area contributed by atoms with Gasteiger partial charge in [-0.3, -0.25) is 14.4 Å². The minimum Gasteiger partial charge on any atom is -0.475 e. The Labute approximate surface area is 240 Å². The Morgan fingerprint density at radius 1 is 0.881 bits per heavy atom. The van der Waals surface area contributed by atoms with Crippen LogP contribution in [0.15, 0.2) is 60.8 Å². The maximum atomic E-state index is 13.1. The number of amides is 3. The predicted molar refractivity (Wildman–Crippen MR) is 150 cm³/mol. The first kappa shape index (κ1) is 33.8. The van der Waals surface area contributed by atoms with Gasteiger partial charge in [0.15, 0.2) is 0 Å². The average Bonchev–Trinajstić information content (AvgIpc) is 3.35. The van der Waals surface area contributed by atoms with E-state index in [2.05, 4.69) is 15.6 Å². The smallest absolute Gasteiger partial charge is 0.475 e. The third-order valence-corrected chi connectivity index (χ3v) is 6.22. The highest BCUT2D eigenvalue weighted by Gasteiger charge is 2.38. The summed E-state index contributed by atoms with van der Waals surface area (Å²) in [6, 6.07) is 14.5. The van der Waals surface area contributed by atoms with Gasteiger partial charge in [-0.25, -0.2) is 4.79 Å². The van der Waals surface area contributed by atoms with E-state index >= 15 is 0 Å². The zero-order valence-electron chi connectivity index (χ0n) is 22.7. The third kappa shape index (κ3) is 10.9. The van der Waals surface area contributed by atoms with E-state index in [1.165, 1.54) is 0 Å². The number of alkyl halides is 3. The molecule has 11 nitrogen and oxygen atoms in total. The van der Waals surface area contributed by atoms with E-state index in [9.17, 15) is 27.6 Å². The second kappa shape index (κ2) is 16.1. The molecule has 0 aliphatic heterocycles. The van der Waals surface area contributed by atoms with Crippen LogP contribution >= 0.6 is 0 Å². The number of hydrogen-bond acceptors (Lipinski definition) is 6. The molecule has 0 bridgehead atoms. The number of carboxylic acids is 1. The molecule has 3 rings (SSSR count). The number of carbonyl (C=O) groups excluding carboxylic acids is 3. The zero-order valence-corrected chi connectivity index (χ0v) is 22.7. The highest BCUT2D eigenvalue weighted by Crippen LogP contribution is 2.19. The first-order chi connectivity index (χ1) is 19.8. The molecule has 0 radical (unpaired) electrons. The largest absolute Gasteiger partial charge is 0.490 e. The standard InChI is InChI=1S/C26H34N6O3.C2HF3O2/c27-13-7-6-12-22(24(29)33)31-26(35)23(14-17-8-2-1-3-9-17)32-25(34)20(28)15-18-16-30-21-11-5-4-10-19(18)21;3-2(4,5)1(6)7/h1-5,8-11,16,20,22-23,30H,6-7,12-15,27-28H2,(H2,29,33)(H,31,35)(H,32,34);(H,6,7)/t20-,22-,23+;/m0./s1. The van der Waals surface area contributed by atoms with Gasteiger partial charge in [0.05, 0.1) is 6.04 Å². The van der Waals surface area contributed by atoms with Crippen molar-refractivity contribution in [2.45, 2.75) is 56.4 Å². The number of benzene rings is 2. The fourth-order valence-corrected chi connectivity index (χ4v) is 4.02. The van der Waals surface area contributed by atoms with Crippen molar-refractivity contribution >= 4 is 34.6 Å². The minimum atomic E-state index is -5.08. The highest BCUT2D eigenvalue weighted by atomic mass is 19.4. The van der Waals surface area contributed by atoms with Gasteiger partial charge in [-0.05, 0) is 49.4 Å². The normalized spacial score (nSPS) is 13.3. The Hall–Kier alpha value is -4.43. The van der Waals surface area contributed by atoms with Gasteiger partial charge in [0.1, 0.15) is 12.1 Å². The van der Waals surface area contributed by atoms with E-state index in [1.54, 1.807) is 0 Å². The fraction of sp³-hybridized carbons (Fsp3) is 0.357. The topological polar surface area (TPSA) is 206 Å². The number of H-pyrrole nitrogens is 1. The number of carboxylic acid groups (broad SMARTS) is 1.